The monoisotopic (exact) mass is 387 g/mol. The average molecular weight is 387 g/mol. The van der Waals surface area contributed by atoms with Crippen LogP contribution < -0.4 is 10.7 Å². The number of urea groups is 1. The summed E-state index contributed by atoms with van der Waals surface area (Å²) in [5.74, 6) is -1.05. The molecular formula is C18H21N5O3S. The Hall–Kier alpha value is -2.60. The summed E-state index contributed by atoms with van der Waals surface area (Å²) in [7, 11) is 0. The first-order chi connectivity index (χ1) is 12.8. The number of thioether (sulfide) groups is 1. The Bertz CT molecular complexity index is 879. The summed E-state index contributed by atoms with van der Waals surface area (Å²) in [5, 5.41) is 13.3. The summed E-state index contributed by atoms with van der Waals surface area (Å²) in [6, 6.07) is 1.53. The number of amides is 4. The van der Waals surface area contributed by atoms with Crippen LogP contribution in [-0.2, 0) is 22.4 Å². The number of aryl methyl sites for hydroxylation is 1. The molecule has 1 saturated heterocycles. The number of rotatable bonds is 5. The second-order valence-corrected chi connectivity index (χ2v) is 7.85. The first kappa shape index (κ1) is 19.2. The van der Waals surface area contributed by atoms with Crippen molar-refractivity contribution in [1.29, 1.82) is 5.26 Å². The second kappa shape index (κ2) is 7.19. The minimum absolute atomic E-state index is 0.0557. The predicted octanol–water partition coefficient (Wildman–Crippen LogP) is 1.59. The number of carbonyl (C=O) groups excluding carboxylic acids is 3. The third-order valence-corrected chi connectivity index (χ3v) is 6.10. The highest BCUT2D eigenvalue weighted by Gasteiger charge is 2.47. The van der Waals surface area contributed by atoms with Crippen molar-refractivity contribution in [2.45, 2.75) is 57.0 Å². The molecule has 0 bridgehead atoms. The Labute approximate surface area is 161 Å². The van der Waals surface area contributed by atoms with Gasteiger partial charge in [-0.2, -0.15) is 10.3 Å². The summed E-state index contributed by atoms with van der Waals surface area (Å²) in [6.07, 6.45) is 3.24. The zero-order valence-corrected chi connectivity index (χ0v) is 16.3. The van der Waals surface area contributed by atoms with Crippen LogP contribution in [0.3, 0.4) is 0 Å². The van der Waals surface area contributed by atoms with E-state index in [1.165, 1.54) is 0 Å². The minimum Gasteiger partial charge on any atom is -0.322 e. The van der Waals surface area contributed by atoms with Crippen LogP contribution in [0.15, 0.2) is 5.03 Å². The van der Waals surface area contributed by atoms with Crippen molar-refractivity contribution < 1.29 is 14.4 Å². The van der Waals surface area contributed by atoms with Gasteiger partial charge in [-0.1, -0.05) is 18.7 Å². The minimum atomic E-state index is -1.01. The van der Waals surface area contributed by atoms with Gasteiger partial charge in [0.1, 0.15) is 16.6 Å². The topological polar surface area (TPSA) is 115 Å². The number of hydrazine groups is 1. The van der Waals surface area contributed by atoms with Crippen molar-refractivity contribution in [3.8, 4) is 6.07 Å². The van der Waals surface area contributed by atoms with E-state index in [0.717, 1.165) is 52.9 Å². The lowest BCUT2D eigenvalue weighted by atomic mass is 10.00. The van der Waals surface area contributed by atoms with Crippen molar-refractivity contribution in [2.24, 2.45) is 0 Å². The lowest BCUT2D eigenvalue weighted by Gasteiger charge is -2.19. The van der Waals surface area contributed by atoms with Crippen molar-refractivity contribution in [1.82, 2.24) is 20.7 Å². The van der Waals surface area contributed by atoms with E-state index in [1.807, 2.05) is 6.92 Å². The molecule has 9 heteroatoms. The van der Waals surface area contributed by atoms with Gasteiger partial charge in [-0.3, -0.25) is 15.0 Å². The number of pyridine rings is 1. The van der Waals surface area contributed by atoms with Gasteiger partial charge in [-0.05, 0) is 50.7 Å². The summed E-state index contributed by atoms with van der Waals surface area (Å²) in [4.78, 5) is 41.1. The maximum Gasteiger partial charge on any atom is 0.344 e. The van der Waals surface area contributed by atoms with Crippen LogP contribution in [0.25, 0.3) is 0 Å². The summed E-state index contributed by atoms with van der Waals surface area (Å²) >= 11 is 1.14. The highest BCUT2D eigenvalue weighted by Crippen LogP contribution is 2.31. The molecule has 1 unspecified atom stereocenters. The van der Waals surface area contributed by atoms with Crippen molar-refractivity contribution in [3.63, 3.8) is 0 Å². The number of nitrogens with one attached hydrogen (secondary N) is 2. The number of hydrogen-bond acceptors (Lipinski definition) is 6. The molecule has 1 aromatic rings. The molecule has 1 fully saturated rings. The van der Waals surface area contributed by atoms with Crippen LogP contribution >= 0.6 is 11.8 Å². The maximum absolute atomic E-state index is 12.3. The lowest BCUT2D eigenvalue weighted by molar-refractivity contribution is -0.137. The van der Waals surface area contributed by atoms with Crippen LogP contribution in [0.1, 0.15) is 49.1 Å². The molecule has 8 nitrogen and oxygen atoms in total. The van der Waals surface area contributed by atoms with Gasteiger partial charge in [0.2, 0.25) is 5.91 Å². The molecule has 0 spiro atoms. The van der Waals surface area contributed by atoms with Gasteiger partial charge in [-0.25, -0.2) is 9.78 Å². The van der Waals surface area contributed by atoms with Crippen LogP contribution in [0, 0.1) is 18.3 Å². The zero-order chi connectivity index (χ0) is 19.8. The van der Waals surface area contributed by atoms with Crippen molar-refractivity contribution >= 4 is 29.6 Å². The molecule has 3 rings (SSSR count). The first-order valence-corrected chi connectivity index (χ1v) is 9.80. The van der Waals surface area contributed by atoms with Crippen LogP contribution in [0.2, 0.25) is 0 Å². The standard InChI is InChI=1S/C18H21N5O3S/c1-4-18(3)16(25)23(17(26)21-18)22-14(24)9-27-15-12(8-19)10(2)11-6-5-7-13(11)20-15/h4-7,9H2,1-3H3,(H,21,26)(H,22,24). The van der Waals surface area contributed by atoms with Crippen molar-refractivity contribution in [2.75, 3.05) is 5.75 Å². The van der Waals surface area contributed by atoms with Gasteiger partial charge < -0.3 is 5.32 Å². The van der Waals surface area contributed by atoms with E-state index >= 15 is 0 Å². The summed E-state index contributed by atoms with van der Waals surface area (Å²) in [5.41, 5.74) is 4.87. The highest BCUT2D eigenvalue weighted by molar-refractivity contribution is 8.00. The van der Waals surface area contributed by atoms with E-state index in [-0.39, 0.29) is 5.75 Å². The molecule has 0 aromatic carbocycles. The molecule has 27 heavy (non-hydrogen) atoms. The lowest BCUT2D eigenvalue weighted by Crippen LogP contribution is -2.49. The Kier molecular flexibility index (Phi) is 5.11. The fraction of sp³-hybridized carbons (Fsp3) is 0.500. The third-order valence-electron chi connectivity index (χ3n) is 5.12. The molecular weight excluding hydrogens is 366 g/mol. The molecule has 0 saturated carbocycles. The van der Waals surface area contributed by atoms with E-state index in [2.05, 4.69) is 21.8 Å². The molecule has 142 valence electrons. The highest BCUT2D eigenvalue weighted by atomic mass is 32.2. The van der Waals surface area contributed by atoms with Gasteiger partial charge in [0.15, 0.2) is 0 Å². The number of carbonyl (C=O) groups is 3. The molecule has 1 atom stereocenters. The number of hydrogen-bond donors (Lipinski definition) is 2. The van der Waals surface area contributed by atoms with Gasteiger partial charge in [0.05, 0.1) is 11.3 Å². The molecule has 1 aliphatic carbocycles. The fourth-order valence-electron chi connectivity index (χ4n) is 3.30. The molecule has 0 radical (unpaired) electrons. The summed E-state index contributed by atoms with van der Waals surface area (Å²) < 4.78 is 0. The first-order valence-electron chi connectivity index (χ1n) is 8.82. The fourth-order valence-corrected chi connectivity index (χ4v) is 4.15. The van der Waals surface area contributed by atoms with E-state index < -0.39 is 23.4 Å². The van der Waals surface area contributed by atoms with Gasteiger partial charge >= 0.3 is 6.03 Å². The van der Waals surface area contributed by atoms with Crippen molar-refractivity contribution in [3.05, 3.63) is 22.4 Å². The number of nitrogens with zero attached hydrogens (tertiary/aromatic N) is 3. The van der Waals surface area contributed by atoms with E-state index in [1.54, 1.807) is 13.8 Å². The largest absolute Gasteiger partial charge is 0.344 e. The molecule has 2 N–H and O–H groups in total. The Morgan fingerprint density at radius 1 is 1.44 bits per heavy atom. The third kappa shape index (κ3) is 3.37. The summed E-state index contributed by atoms with van der Waals surface area (Å²) in [6.45, 7) is 5.31. The second-order valence-electron chi connectivity index (χ2n) is 6.89. The van der Waals surface area contributed by atoms with Gasteiger partial charge in [0, 0.05) is 5.69 Å². The van der Waals surface area contributed by atoms with Gasteiger partial charge in [0.25, 0.3) is 5.91 Å². The quantitative estimate of drug-likeness (QED) is 0.586. The molecule has 2 aliphatic rings. The molecule has 1 aliphatic heterocycles. The van der Waals surface area contributed by atoms with E-state index in [0.29, 0.717) is 17.0 Å². The normalized spacial score (nSPS) is 21.0. The number of imide groups is 1. The van der Waals surface area contributed by atoms with Crippen LogP contribution in [0.4, 0.5) is 4.79 Å². The van der Waals surface area contributed by atoms with Gasteiger partial charge in [-0.15, -0.1) is 0 Å². The predicted molar refractivity (Wildman–Crippen MR) is 98.7 cm³/mol. The molecule has 2 heterocycles. The Morgan fingerprint density at radius 2 is 2.19 bits per heavy atom. The Balaban J connectivity index is 1.69. The number of aromatic nitrogens is 1. The molecule has 1 aromatic heterocycles. The van der Waals surface area contributed by atoms with Crippen LogP contribution in [0.5, 0.6) is 0 Å². The smallest absolute Gasteiger partial charge is 0.322 e. The number of nitriles is 1. The number of fused-ring (bicyclic) bond motifs is 1. The average Bonchev–Trinajstić information content (AvgIpc) is 3.19. The Morgan fingerprint density at radius 3 is 2.81 bits per heavy atom. The SMILES string of the molecule is CCC1(C)NC(=O)N(NC(=O)CSc2nc3c(c(C)c2C#N)CCC3)C1=O. The zero-order valence-electron chi connectivity index (χ0n) is 15.5. The maximum atomic E-state index is 12.3. The molecule has 4 amide bonds. The van der Waals surface area contributed by atoms with E-state index in [9.17, 15) is 19.6 Å². The van der Waals surface area contributed by atoms with E-state index in [4.69, 9.17) is 0 Å². The van der Waals surface area contributed by atoms with Crippen LogP contribution in [-0.4, -0.2) is 39.1 Å².